The number of unbranched alkanes of at least 4 members (excludes halogenated alkanes) is 1. The van der Waals surface area contributed by atoms with E-state index in [1.165, 1.54) is 0 Å². The molecule has 0 amide bonds. The Hall–Kier alpha value is -1.38. The van der Waals surface area contributed by atoms with E-state index >= 15 is 0 Å². The molecule has 0 aliphatic carbocycles. The fourth-order valence-corrected chi connectivity index (χ4v) is 1.65. The van der Waals surface area contributed by atoms with E-state index in [1.807, 2.05) is 0 Å². The highest BCUT2D eigenvalue weighted by Crippen LogP contribution is 1.98. The van der Waals surface area contributed by atoms with Crippen LogP contribution in [0.4, 0.5) is 0 Å². The fraction of sp³-hybridized carbons (Fsp3) is 0.889. The summed E-state index contributed by atoms with van der Waals surface area (Å²) in [4.78, 5) is 19.8. The molecule has 180 valence electrons. The monoisotopic (exact) mass is 444 g/mol. The molecule has 2 atom stereocenters. The van der Waals surface area contributed by atoms with Crippen molar-refractivity contribution in [3.05, 3.63) is 0 Å². The normalized spacial score (nSPS) is 12.7. The van der Waals surface area contributed by atoms with E-state index in [9.17, 15) is 9.59 Å². The number of carboxylic acid groups (broad SMARTS) is 2. The predicted octanol–water partition coefficient (Wildman–Crippen LogP) is -1.52. The Bertz CT molecular complexity index is 357. The van der Waals surface area contributed by atoms with Gasteiger partial charge in [-0.25, -0.2) is 0 Å². The lowest BCUT2D eigenvalue weighted by Crippen LogP contribution is -2.21. The number of aliphatic carboxylic acids is 2. The Balaban J connectivity index is 0. The number of aliphatic hydroxyl groups is 4. The van der Waals surface area contributed by atoms with Crippen LogP contribution in [0.2, 0.25) is 0 Å². The maximum atomic E-state index is 9.90. The number of hydrogen-bond donors (Lipinski definition) is 6. The molecule has 30 heavy (non-hydrogen) atoms. The van der Waals surface area contributed by atoms with Gasteiger partial charge in [-0.3, -0.25) is 9.59 Å². The number of rotatable bonds is 20. The Morgan fingerprint density at radius 1 is 0.600 bits per heavy atom. The van der Waals surface area contributed by atoms with Gasteiger partial charge >= 0.3 is 11.9 Å². The van der Waals surface area contributed by atoms with E-state index in [1.54, 1.807) is 0 Å². The van der Waals surface area contributed by atoms with Gasteiger partial charge in [-0.05, 0) is 12.8 Å². The van der Waals surface area contributed by atoms with Gasteiger partial charge in [-0.15, -0.1) is 0 Å². The molecule has 0 saturated heterocycles. The third-order valence-corrected chi connectivity index (χ3v) is 3.19. The van der Waals surface area contributed by atoms with Crippen molar-refractivity contribution >= 4 is 11.9 Å². The van der Waals surface area contributed by atoms with E-state index in [0.717, 1.165) is 0 Å². The zero-order valence-corrected chi connectivity index (χ0v) is 17.2. The average molecular weight is 444 g/mol. The molecule has 12 nitrogen and oxygen atoms in total. The van der Waals surface area contributed by atoms with Crippen molar-refractivity contribution in [1.29, 1.82) is 0 Å². The molecule has 0 bridgehead atoms. The molecule has 0 radical (unpaired) electrons. The van der Waals surface area contributed by atoms with Crippen LogP contribution in [-0.4, -0.2) is 121 Å². The first kappa shape index (κ1) is 30.8. The topological polar surface area (TPSA) is 192 Å². The first-order valence-electron chi connectivity index (χ1n) is 9.65. The largest absolute Gasteiger partial charge is 0.481 e. The van der Waals surface area contributed by atoms with Gasteiger partial charge in [0.1, 0.15) is 12.2 Å². The highest BCUT2D eigenvalue weighted by Gasteiger charge is 2.02. The van der Waals surface area contributed by atoms with Crippen molar-refractivity contribution in [2.24, 2.45) is 0 Å². The van der Waals surface area contributed by atoms with Crippen LogP contribution in [0, 0.1) is 0 Å². The summed E-state index contributed by atoms with van der Waals surface area (Å²) in [6.45, 7) is 1.87. The molecule has 0 spiro atoms. The zero-order chi connectivity index (χ0) is 23.0. The summed E-state index contributed by atoms with van der Waals surface area (Å²) >= 11 is 0. The number of carbonyl (C=O) groups is 2. The van der Waals surface area contributed by atoms with E-state index in [2.05, 4.69) is 0 Å². The standard InChI is InChI=1S/C12H26O8.C6H10O4/c13-7-11(15)9-19-5-3-17-1-2-18-4-6-20-10-12(16)8-14;7-5(8)3-1-2-4-6(9)10/h11-16H,1-10H2;1-4H2,(H,7,8)(H,9,10). The van der Waals surface area contributed by atoms with Crippen molar-refractivity contribution in [3.63, 3.8) is 0 Å². The quantitative estimate of drug-likeness (QED) is 0.119. The summed E-state index contributed by atoms with van der Waals surface area (Å²) < 4.78 is 20.5. The van der Waals surface area contributed by atoms with Crippen molar-refractivity contribution in [2.75, 3.05) is 66.1 Å². The van der Waals surface area contributed by atoms with Crippen molar-refractivity contribution in [1.82, 2.24) is 0 Å². The summed E-state index contributed by atoms with van der Waals surface area (Å²) in [7, 11) is 0. The van der Waals surface area contributed by atoms with E-state index in [-0.39, 0.29) is 39.3 Å². The molecule has 0 aromatic carbocycles. The Morgan fingerprint density at radius 2 is 0.900 bits per heavy atom. The Kier molecular flexibility index (Phi) is 24.5. The van der Waals surface area contributed by atoms with Gasteiger partial charge in [0.25, 0.3) is 0 Å². The molecule has 0 heterocycles. The van der Waals surface area contributed by atoms with Crippen molar-refractivity contribution < 1.29 is 59.2 Å². The lowest BCUT2D eigenvalue weighted by atomic mass is 10.2. The molecular weight excluding hydrogens is 408 g/mol. The van der Waals surface area contributed by atoms with Gasteiger partial charge < -0.3 is 49.6 Å². The number of ether oxygens (including phenoxy) is 4. The Labute approximate surface area is 175 Å². The second-order valence-corrected chi connectivity index (χ2v) is 6.04. The van der Waals surface area contributed by atoms with Gasteiger partial charge in [-0.1, -0.05) is 0 Å². The molecule has 0 aromatic heterocycles. The van der Waals surface area contributed by atoms with Gasteiger partial charge in [0.15, 0.2) is 0 Å². The van der Waals surface area contributed by atoms with Crippen LogP contribution in [0.3, 0.4) is 0 Å². The zero-order valence-electron chi connectivity index (χ0n) is 17.2. The summed E-state index contributed by atoms with van der Waals surface area (Å²) in [5.74, 6) is -1.74. The average Bonchev–Trinajstić information content (AvgIpc) is 2.71. The lowest BCUT2D eigenvalue weighted by molar-refractivity contribution is -0.139. The second-order valence-electron chi connectivity index (χ2n) is 6.04. The van der Waals surface area contributed by atoms with Crippen LogP contribution >= 0.6 is 0 Å². The summed E-state index contributed by atoms with van der Waals surface area (Å²) in [5.41, 5.74) is 0. The highest BCUT2D eigenvalue weighted by atomic mass is 16.6. The van der Waals surface area contributed by atoms with Gasteiger partial charge in [-0.2, -0.15) is 0 Å². The van der Waals surface area contributed by atoms with Crippen LogP contribution in [0.25, 0.3) is 0 Å². The van der Waals surface area contributed by atoms with E-state index in [0.29, 0.717) is 52.5 Å². The first-order chi connectivity index (χ1) is 14.3. The maximum absolute atomic E-state index is 9.90. The molecule has 0 rings (SSSR count). The van der Waals surface area contributed by atoms with Gasteiger partial charge in [0, 0.05) is 12.8 Å². The minimum atomic E-state index is -0.870. The third kappa shape index (κ3) is 28.8. The molecule has 0 saturated carbocycles. The molecule has 6 N–H and O–H groups in total. The summed E-state index contributed by atoms with van der Waals surface area (Å²) in [6.07, 6.45) is -0.672. The Morgan fingerprint density at radius 3 is 1.17 bits per heavy atom. The number of hydrogen-bond acceptors (Lipinski definition) is 10. The highest BCUT2D eigenvalue weighted by molar-refractivity contribution is 5.67. The second kappa shape index (κ2) is 23.9. The first-order valence-corrected chi connectivity index (χ1v) is 9.65. The fourth-order valence-electron chi connectivity index (χ4n) is 1.65. The molecule has 2 unspecified atom stereocenters. The number of carboxylic acids is 2. The third-order valence-electron chi connectivity index (χ3n) is 3.19. The summed E-state index contributed by atoms with van der Waals surface area (Å²) in [5, 5.41) is 51.3. The van der Waals surface area contributed by atoms with E-state index in [4.69, 9.17) is 49.6 Å². The van der Waals surface area contributed by atoms with Crippen LogP contribution in [0.1, 0.15) is 25.7 Å². The van der Waals surface area contributed by atoms with Crippen molar-refractivity contribution in [3.8, 4) is 0 Å². The molecule has 12 heteroatoms. The van der Waals surface area contributed by atoms with E-state index < -0.39 is 24.1 Å². The molecule has 0 aliphatic rings. The SMILES string of the molecule is O=C(O)CCCCC(=O)O.OCC(O)COCCOCCOCCOCC(O)CO. The number of aliphatic hydroxyl groups excluding tert-OH is 4. The molecule has 0 aliphatic heterocycles. The van der Waals surface area contributed by atoms with Crippen molar-refractivity contribution in [2.45, 2.75) is 37.9 Å². The van der Waals surface area contributed by atoms with Crippen LogP contribution in [0.5, 0.6) is 0 Å². The predicted molar refractivity (Wildman–Crippen MR) is 103 cm³/mol. The van der Waals surface area contributed by atoms with Gasteiger partial charge in [0.05, 0.1) is 66.1 Å². The van der Waals surface area contributed by atoms with Gasteiger partial charge in [0.2, 0.25) is 0 Å². The molecular formula is C18H36O12. The summed E-state index contributed by atoms with van der Waals surface area (Å²) in [6, 6.07) is 0. The maximum Gasteiger partial charge on any atom is 0.303 e. The van der Waals surface area contributed by atoms with Crippen LogP contribution in [-0.2, 0) is 28.5 Å². The van der Waals surface area contributed by atoms with Crippen LogP contribution < -0.4 is 0 Å². The molecule has 0 aromatic rings. The molecule has 0 fully saturated rings. The minimum absolute atomic E-state index is 0.0628. The minimum Gasteiger partial charge on any atom is -0.481 e. The smallest absolute Gasteiger partial charge is 0.303 e. The van der Waals surface area contributed by atoms with Crippen LogP contribution in [0.15, 0.2) is 0 Å². The lowest BCUT2D eigenvalue weighted by Gasteiger charge is -2.10.